The average molecular weight is 353 g/mol. The van der Waals surface area contributed by atoms with Gasteiger partial charge in [0, 0.05) is 42.5 Å². The van der Waals surface area contributed by atoms with Crippen molar-refractivity contribution in [3.05, 3.63) is 69.3 Å². The van der Waals surface area contributed by atoms with Crippen LogP contribution in [-0.4, -0.2) is 30.5 Å². The molecule has 1 amide bonds. The van der Waals surface area contributed by atoms with E-state index in [-0.39, 0.29) is 11.6 Å². The molecule has 6 nitrogen and oxygen atoms in total. The largest absolute Gasteiger partial charge is 0.372 e. The molecule has 1 aliphatic rings. The van der Waals surface area contributed by atoms with E-state index in [2.05, 4.69) is 34.5 Å². The fourth-order valence-electron chi connectivity index (χ4n) is 3.22. The number of carbonyl (C=O) groups excluding carboxylic acids is 1. The number of nitro groups is 1. The Bertz CT molecular complexity index is 796. The van der Waals surface area contributed by atoms with Gasteiger partial charge in [0.05, 0.1) is 4.92 Å². The molecule has 2 aromatic carbocycles. The number of benzene rings is 2. The average Bonchev–Trinajstić information content (AvgIpc) is 3.17. The van der Waals surface area contributed by atoms with Gasteiger partial charge in [-0.1, -0.05) is 18.2 Å². The Labute approximate surface area is 153 Å². The summed E-state index contributed by atoms with van der Waals surface area (Å²) in [6.45, 7) is 4.39. The van der Waals surface area contributed by atoms with Crippen LogP contribution in [0.15, 0.2) is 42.5 Å². The molecule has 1 aliphatic heterocycles. The summed E-state index contributed by atoms with van der Waals surface area (Å²) in [6, 6.07) is 13.0. The Kier molecular flexibility index (Phi) is 5.51. The van der Waals surface area contributed by atoms with Crippen LogP contribution in [0.3, 0.4) is 0 Å². The fourth-order valence-corrected chi connectivity index (χ4v) is 3.22. The molecule has 0 atom stereocenters. The number of nitrogens with zero attached hydrogens (tertiary/aromatic N) is 2. The van der Waals surface area contributed by atoms with Crippen LogP contribution in [0, 0.1) is 17.0 Å². The van der Waals surface area contributed by atoms with E-state index in [0.717, 1.165) is 25.1 Å². The van der Waals surface area contributed by atoms with Crippen molar-refractivity contribution in [3.63, 3.8) is 0 Å². The second-order valence-corrected chi connectivity index (χ2v) is 6.62. The lowest BCUT2D eigenvalue weighted by Gasteiger charge is -2.17. The van der Waals surface area contributed by atoms with Crippen molar-refractivity contribution in [1.29, 1.82) is 0 Å². The maximum atomic E-state index is 12.2. The van der Waals surface area contributed by atoms with Gasteiger partial charge in [-0.2, -0.15) is 0 Å². The summed E-state index contributed by atoms with van der Waals surface area (Å²) in [4.78, 5) is 25.1. The van der Waals surface area contributed by atoms with Gasteiger partial charge in [-0.15, -0.1) is 0 Å². The molecule has 0 bridgehead atoms. The Balaban J connectivity index is 1.53. The number of nitrogens with one attached hydrogen (secondary N) is 1. The molecule has 1 heterocycles. The van der Waals surface area contributed by atoms with Crippen molar-refractivity contribution in [1.82, 2.24) is 5.32 Å². The quantitative estimate of drug-likeness (QED) is 0.637. The highest BCUT2D eigenvalue weighted by molar-refractivity contribution is 5.95. The normalized spacial score (nSPS) is 13.7. The van der Waals surface area contributed by atoms with Crippen LogP contribution in [0.1, 0.15) is 34.3 Å². The minimum absolute atomic E-state index is 0.0323. The number of carbonyl (C=O) groups is 1. The van der Waals surface area contributed by atoms with E-state index in [4.69, 9.17) is 0 Å². The second-order valence-electron chi connectivity index (χ2n) is 6.62. The third kappa shape index (κ3) is 4.20. The van der Waals surface area contributed by atoms with Crippen LogP contribution < -0.4 is 10.2 Å². The van der Waals surface area contributed by atoms with Crippen LogP contribution in [0.2, 0.25) is 0 Å². The van der Waals surface area contributed by atoms with Crippen molar-refractivity contribution in [2.75, 3.05) is 24.5 Å². The van der Waals surface area contributed by atoms with Crippen molar-refractivity contribution in [2.24, 2.45) is 0 Å². The van der Waals surface area contributed by atoms with Crippen LogP contribution in [0.4, 0.5) is 11.4 Å². The molecule has 0 radical (unpaired) electrons. The summed E-state index contributed by atoms with van der Waals surface area (Å²) < 4.78 is 0. The number of amides is 1. The first-order chi connectivity index (χ1) is 12.5. The lowest BCUT2D eigenvalue weighted by atomic mass is 10.1. The molecule has 2 aromatic rings. The van der Waals surface area contributed by atoms with Gasteiger partial charge >= 0.3 is 0 Å². The molecule has 3 rings (SSSR count). The van der Waals surface area contributed by atoms with E-state index >= 15 is 0 Å². The Hall–Kier alpha value is -2.89. The summed E-state index contributed by atoms with van der Waals surface area (Å²) in [5.74, 6) is -0.290. The highest BCUT2D eigenvalue weighted by Gasteiger charge is 2.15. The summed E-state index contributed by atoms with van der Waals surface area (Å²) in [6.07, 6.45) is 3.23. The molecule has 136 valence electrons. The Morgan fingerprint density at radius 3 is 2.50 bits per heavy atom. The van der Waals surface area contributed by atoms with E-state index in [9.17, 15) is 14.9 Å². The zero-order valence-corrected chi connectivity index (χ0v) is 14.9. The third-order valence-corrected chi connectivity index (χ3v) is 4.77. The molecule has 26 heavy (non-hydrogen) atoms. The lowest BCUT2D eigenvalue weighted by Crippen LogP contribution is -2.25. The zero-order valence-electron chi connectivity index (χ0n) is 14.9. The van der Waals surface area contributed by atoms with Gasteiger partial charge in [0.25, 0.3) is 11.6 Å². The number of hydrogen-bond acceptors (Lipinski definition) is 4. The maximum absolute atomic E-state index is 12.2. The Morgan fingerprint density at radius 2 is 1.85 bits per heavy atom. The molecule has 6 heteroatoms. The molecule has 1 N–H and O–H groups in total. The molecular formula is C20H23N3O3. The highest BCUT2D eigenvalue weighted by Crippen LogP contribution is 2.21. The monoisotopic (exact) mass is 353 g/mol. The summed E-state index contributed by atoms with van der Waals surface area (Å²) in [5, 5.41) is 13.8. The van der Waals surface area contributed by atoms with Crippen LogP contribution >= 0.6 is 0 Å². The number of aryl methyl sites for hydroxylation is 1. The first-order valence-corrected chi connectivity index (χ1v) is 8.92. The first-order valence-electron chi connectivity index (χ1n) is 8.92. The highest BCUT2D eigenvalue weighted by atomic mass is 16.6. The molecule has 1 saturated heterocycles. The molecule has 0 saturated carbocycles. The van der Waals surface area contributed by atoms with E-state index in [1.54, 1.807) is 19.1 Å². The topological polar surface area (TPSA) is 75.5 Å². The first kappa shape index (κ1) is 17.9. The van der Waals surface area contributed by atoms with Gasteiger partial charge in [-0.25, -0.2) is 0 Å². The molecule has 1 fully saturated rings. The predicted molar refractivity (Wildman–Crippen MR) is 102 cm³/mol. The Morgan fingerprint density at radius 1 is 1.15 bits per heavy atom. The van der Waals surface area contributed by atoms with Crippen molar-refractivity contribution < 1.29 is 9.72 Å². The van der Waals surface area contributed by atoms with Crippen molar-refractivity contribution in [2.45, 2.75) is 26.2 Å². The van der Waals surface area contributed by atoms with Crippen LogP contribution in [-0.2, 0) is 6.42 Å². The fraction of sp³-hybridized carbons (Fsp3) is 0.350. The van der Waals surface area contributed by atoms with Crippen molar-refractivity contribution >= 4 is 17.3 Å². The lowest BCUT2D eigenvalue weighted by molar-refractivity contribution is -0.385. The number of anilines is 1. The molecule has 0 aliphatic carbocycles. The van der Waals surface area contributed by atoms with Gasteiger partial charge in [-0.3, -0.25) is 14.9 Å². The third-order valence-electron chi connectivity index (χ3n) is 4.77. The van der Waals surface area contributed by atoms with Gasteiger partial charge < -0.3 is 10.2 Å². The summed E-state index contributed by atoms with van der Waals surface area (Å²) in [7, 11) is 0. The number of rotatable bonds is 6. The molecule has 0 aromatic heterocycles. The minimum atomic E-state index is -0.464. The van der Waals surface area contributed by atoms with E-state index < -0.39 is 4.92 Å². The van der Waals surface area contributed by atoms with Crippen LogP contribution in [0.5, 0.6) is 0 Å². The molecular weight excluding hydrogens is 330 g/mol. The smallest absolute Gasteiger partial charge is 0.273 e. The van der Waals surface area contributed by atoms with Gasteiger partial charge in [0.1, 0.15) is 0 Å². The van der Waals surface area contributed by atoms with Crippen LogP contribution in [0.25, 0.3) is 0 Å². The summed E-state index contributed by atoms with van der Waals surface area (Å²) >= 11 is 0. The van der Waals surface area contributed by atoms with Gasteiger partial charge in [-0.05, 0) is 49.9 Å². The van der Waals surface area contributed by atoms with E-state index in [1.807, 2.05) is 0 Å². The predicted octanol–water partition coefficient (Wildman–Crippen LogP) is 3.48. The standard InChI is InChI=1S/C20H23N3O3/c1-15-4-7-17(14-19(15)23(25)26)20(24)21-11-10-16-5-8-18(9-6-16)22-12-2-3-13-22/h4-9,14H,2-3,10-13H2,1H3,(H,21,24). The second kappa shape index (κ2) is 7.99. The SMILES string of the molecule is Cc1ccc(C(=O)NCCc2ccc(N3CCCC3)cc2)cc1[N+](=O)[O-]. The maximum Gasteiger partial charge on any atom is 0.273 e. The van der Waals surface area contributed by atoms with E-state index in [0.29, 0.717) is 17.7 Å². The van der Waals surface area contributed by atoms with Gasteiger partial charge in [0.15, 0.2) is 0 Å². The molecule has 0 spiro atoms. The molecule has 0 unspecified atom stereocenters. The van der Waals surface area contributed by atoms with Crippen molar-refractivity contribution in [3.8, 4) is 0 Å². The van der Waals surface area contributed by atoms with Gasteiger partial charge in [0.2, 0.25) is 0 Å². The van der Waals surface area contributed by atoms with E-state index in [1.165, 1.54) is 24.6 Å². The zero-order chi connectivity index (χ0) is 18.5. The number of nitro benzene ring substituents is 1. The minimum Gasteiger partial charge on any atom is -0.372 e. The summed E-state index contributed by atoms with van der Waals surface area (Å²) in [5.41, 5.74) is 3.23. The number of hydrogen-bond donors (Lipinski definition) is 1.